The normalized spacial score (nSPS) is 18.7. The number of anilines is 1. The highest BCUT2D eigenvalue weighted by molar-refractivity contribution is 5.94. The van der Waals surface area contributed by atoms with Crippen molar-refractivity contribution in [3.63, 3.8) is 0 Å². The molecule has 0 bridgehead atoms. The smallest absolute Gasteiger partial charge is 0.253 e. The van der Waals surface area contributed by atoms with Gasteiger partial charge in [-0.2, -0.15) is 0 Å². The minimum absolute atomic E-state index is 0.00836. The van der Waals surface area contributed by atoms with Gasteiger partial charge in [-0.05, 0) is 87.3 Å². The Labute approximate surface area is 181 Å². The molecule has 2 aromatic carbocycles. The van der Waals surface area contributed by atoms with E-state index in [9.17, 15) is 18.4 Å². The van der Waals surface area contributed by atoms with Crippen LogP contribution in [0.1, 0.15) is 36.0 Å². The summed E-state index contributed by atoms with van der Waals surface area (Å²) in [4.78, 5) is 29.4. The number of carbonyl (C=O) groups excluding carboxylic acids is 2. The lowest BCUT2D eigenvalue weighted by Gasteiger charge is -2.41. The molecule has 31 heavy (non-hydrogen) atoms. The molecule has 0 spiro atoms. The molecule has 0 aliphatic carbocycles. The van der Waals surface area contributed by atoms with E-state index in [0.717, 1.165) is 38.8 Å². The maximum atomic E-state index is 13.1. The highest BCUT2D eigenvalue weighted by atomic mass is 19.1. The Morgan fingerprint density at radius 1 is 0.774 bits per heavy atom. The second kappa shape index (κ2) is 9.56. The molecule has 0 unspecified atom stereocenters. The molecule has 5 nitrogen and oxygen atoms in total. The maximum absolute atomic E-state index is 13.1. The average Bonchev–Trinajstić information content (AvgIpc) is 2.81. The van der Waals surface area contributed by atoms with Crippen LogP contribution in [-0.4, -0.2) is 53.8 Å². The van der Waals surface area contributed by atoms with Crippen LogP contribution in [-0.2, 0) is 4.79 Å². The number of carbonyl (C=O) groups is 2. The minimum atomic E-state index is -0.343. The Hall–Kier alpha value is -2.80. The van der Waals surface area contributed by atoms with E-state index >= 15 is 0 Å². The summed E-state index contributed by atoms with van der Waals surface area (Å²) in [7, 11) is 0. The number of hydrogen-bond donors (Lipinski definition) is 1. The average molecular weight is 427 g/mol. The number of nitrogens with one attached hydrogen (secondary N) is 1. The first-order valence-corrected chi connectivity index (χ1v) is 10.8. The van der Waals surface area contributed by atoms with Crippen LogP contribution in [0.25, 0.3) is 0 Å². The Morgan fingerprint density at radius 2 is 1.32 bits per heavy atom. The van der Waals surface area contributed by atoms with Crippen LogP contribution < -0.4 is 5.32 Å². The fourth-order valence-corrected chi connectivity index (χ4v) is 4.51. The summed E-state index contributed by atoms with van der Waals surface area (Å²) in [5.74, 6) is -0.760. The molecule has 2 aliphatic heterocycles. The van der Waals surface area contributed by atoms with E-state index in [4.69, 9.17) is 0 Å². The number of rotatable bonds is 4. The van der Waals surface area contributed by atoms with Crippen molar-refractivity contribution >= 4 is 17.5 Å². The molecule has 2 amide bonds. The first-order chi connectivity index (χ1) is 15.0. The van der Waals surface area contributed by atoms with Gasteiger partial charge in [-0.15, -0.1) is 0 Å². The third-order valence-electron chi connectivity index (χ3n) is 6.37. The molecule has 0 radical (unpaired) electrons. The summed E-state index contributed by atoms with van der Waals surface area (Å²) >= 11 is 0. The van der Waals surface area contributed by atoms with Crippen molar-refractivity contribution in [3.05, 3.63) is 65.7 Å². The van der Waals surface area contributed by atoms with Crippen LogP contribution in [0.2, 0.25) is 0 Å². The molecule has 2 aliphatic rings. The van der Waals surface area contributed by atoms with Crippen molar-refractivity contribution in [1.29, 1.82) is 0 Å². The van der Waals surface area contributed by atoms with Crippen molar-refractivity contribution in [2.45, 2.75) is 31.7 Å². The molecule has 0 atom stereocenters. The quantitative estimate of drug-likeness (QED) is 0.805. The molecule has 1 N–H and O–H groups in total. The number of likely N-dealkylation sites (tertiary alicyclic amines) is 2. The number of piperidine rings is 2. The van der Waals surface area contributed by atoms with Gasteiger partial charge in [0.25, 0.3) is 5.91 Å². The summed E-state index contributed by atoms with van der Waals surface area (Å²) in [6, 6.07) is 11.9. The van der Waals surface area contributed by atoms with Gasteiger partial charge >= 0.3 is 0 Å². The van der Waals surface area contributed by atoms with Gasteiger partial charge in [-0.25, -0.2) is 8.78 Å². The van der Waals surface area contributed by atoms with Gasteiger partial charge in [-0.3, -0.25) is 9.59 Å². The van der Waals surface area contributed by atoms with Gasteiger partial charge in [0, 0.05) is 36.3 Å². The summed E-state index contributed by atoms with van der Waals surface area (Å²) in [6.45, 7) is 3.09. The highest BCUT2D eigenvalue weighted by Gasteiger charge is 2.31. The molecule has 2 saturated heterocycles. The topological polar surface area (TPSA) is 52.7 Å². The van der Waals surface area contributed by atoms with Crippen molar-refractivity contribution in [3.8, 4) is 0 Å². The van der Waals surface area contributed by atoms with Crippen LogP contribution in [0.3, 0.4) is 0 Å². The SMILES string of the molecule is O=C(Nc1ccc(F)cc1)C1CCN(C2CCN(C(=O)c3ccc(F)cc3)CC2)CC1. The number of hydrogen-bond acceptors (Lipinski definition) is 3. The lowest BCUT2D eigenvalue weighted by Crippen LogP contribution is -2.49. The molecule has 4 rings (SSSR count). The maximum Gasteiger partial charge on any atom is 0.253 e. The van der Waals surface area contributed by atoms with E-state index < -0.39 is 0 Å². The van der Waals surface area contributed by atoms with Crippen molar-refractivity contribution < 1.29 is 18.4 Å². The zero-order valence-electron chi connectivity index (χ0n) is 17.4. The monoisotopic (exact) mass is 427 g/mol. The molecule has 2 fully saturated rings. The zero-order chi connectivity index (χ0) is 21.8. The third kappa shape index (κ3) is 5.28. The number of benzene rings is 2. The summed E-state index contributed by atoms with van der Waals surface area (Å²) in [5.41, 5.74) is 1.14. The summed E-state index contributed by atoms with van der Waals surface area (Å²) in [6.07, 6.45) is 3.39. The highest BCUT2D eigenvalue weighted by Crippen LogP contribution is 2.25. The van der Waals surface area contributed by atoms with Crippen LogP contribution in [0.5, 0.6) is 0 Å². The Morgan fingerprint density at radius 3 is 1.90 bits per heavy atom. The van der Waals surface area contributed by atoms with Crippen LogP contribution >= 0.6 is 0 Å². The van der Waals surface area contributed by atoms with E-state index in [0.29, 0.717) is 30.4 Å². The van der Waals surface area contributed by atoms with Gasteiger partial charge in [0.05, 0.1) is 0 Å². The third-order valence-corrected chi connectivity index (χ3v) is 6.37. The molecule has 2 aromatic rings. The summed E-state index contributed by atoms with van der Waals surface area (Å²) in [5, 5.41) is 2.88. The lowest BCUT2D eigenvalue weighted by molar-refractivity contribution is -0.121. The van der Waals surface area contributed by atoms with Gasteiger partial charge < -0.3 is 15.1 Å². The van der Waals surface area contributed by atoms with Crippen LogP contribution in [0.15, 0.2) is 48.5 Å². The lowest BCUT2D eigenvalue weighted by atomic mass is 9.92. The number of halogens is 2. The van der Waals surface area contributed by atoms with Crippen molar-refractivity contribution in [2.24, 2.45) is 5.92 Å². The number of amides is 2. The van der Waals surface area contributed by atoms with E-state index in [-0.39, 0.29) is 29.4 Å². The van der Waals surface area contributed by atoms with Gasteiger partial charge in [0.2, 0.25) is 5.91 Å². The van der Waals surface area contributed by atoms with Crippen LogP contribution in [0, 0.1) is 17.6 Å². The molecule has 0 saturated carbocycles. The van der Waals surface area contributed by atoms with Gasteiger partial charge in [0.15, 0.2) is 0 Å². The Bertz CT molecular complexity index is 901. The predicted octanol–water partition coefficient (Wildman–Crippen LogP) is 3.92. The second-order valence-electron chi connectivity index (χ2n) is 8.34. The van der Waals surface area contributed by atoms with Gasteiger partial charge in [0.1, 0.15) is 11.6 Å². The van der Waals surface area contributed by atoms with Crippen LogP contribution in [0.4, 0.5) is 14.5 Å². The Balaban J connectivity index is 1.22. The molecule has 164 valence electrons. The molecular weight excluding hydrogens is 400 g/mol. The van der Waals surface area contributed by atoms with Crippen molar-refractivity contribution in [1.82, 2.24) is 9.80 Å². The van der Waals surface area contributed by atoms with E-state index in [1.165, 1.54) is 36.4 Å². The first-order valence-electron chi connectivity index (χ1n) is 10.8. The Kier molecular flexibility index (Phi) is 6.61. The molecular formula is C24H27F2N3O2. The number of nitrogens with zero attached hydrogens (tertiary/aromatic N) is 2. The first kappa shape index (κ1) is 21.4. The summed E-state index contributed by atoms with van der Waals surface area (Å²) < 4.78 is 26.1. The van der Waals surface area contributed by atoms with Gasteiger partial charge in [-0.1, -0.05) is 0 Å². The fourth-order valence-electron chi connectivity index (χ4n) is 4.51. The van der Waals surface area contributed by atoms with E-state index in [1.807, 2.05) is 4.90 Å². The molecule has 7 heteroatoms. The molecule has 2 heterocycles. The van der Waals surface area contributed by atoms with E-state index in [2.05, 4.69) is 10.2 Å². The fraction of sp³-hybridized carbons (Fsp3) is 0.417. The van der Waals surface area contributed by atoms with Crippen molar-refractivity contribution in [2.75, 3.05) is 31.5 Å². The minimum Gasteiger partial charge on any atom is -0.339 e. The largest absolute Gasteiger partial charge is 0.339 e. The molecule has 0 aromatic heterocycles. The predicted molar refractivity (Wildman–Crippen MR) is 115 cm³/mol. The second-order valence-corrected chi connectivity index (χ2v) is 8.34. The zero-order valence-corrected chi connectivity index (χ0v) is 17.4. The van der Waals surface area contributed by atoms with E-state index in [1.54, 1.807) is 12.1 Å². The standard InChI is InChI=1S/C24H27F2N3O2/c25-19-3-1-18(2-4-19)24(31)29-15-11-22(12-16-29)28-13-9-17(10-14-28)23(30)27-21-7-5-20(26)6-8-21/h1-8,17,22H,9-16H2,(H,27,30).